The van der Waals surface area contributed by atoms with E-state index >= 15 is 0 Å². The number of hydrogen-bond acceptors (Lipinski definition) is 4. The van der Waals surface area contributed by atoms with Crippen LogP contribution in [-0.2, 0) is 6.42 Å². The van der Waals surface area contributed by atoms with Gasteiger partial charge in [0.25, 0.3) is 0 Å². The van der Waals surface area contributed by atoms with Gasteiger partial charge in [0.1, 0.15) is 5.82 Å². The first-order chi connectivity index (χ1) is 17.7. The number of nitrogens with one attached hydrogen (secondary N) is 2. The number of carbonyl (C=O) groups excluding carboxylic acids is 1. The lowest BCUT2D eigenvalue weighted by Gasteiger charge is -2.21. The van der Waals surface area contributed by atoms with E-state index in [1.807, 2.05) is 84.4 Å². The monoisotopic (exact) mass is 494 g/mol. The summed E-state index contributed by atoms with van der Waals surface area (Å²) in [7, 11) is 0. The van der Waals surface area contributed by atoms with Gasteiger partial charge in [0, 0.05) is 28.5 Å². The molecule has 7 heteroatoms. The van der Waals surface area contributed by atoms with Gasteiger partial charge >= 0.3 is 6.03 Å². The van der Waals surface area contributed by atoms with Crippen molar-refractivity contribution >= 4 is 18.0 Å². The lowest BCUT2D eigenvalue weighted by Crippen LogP contribution is -2.36. The molecule has 0 saturated carbocycles. The van der Waals surface area contributed by atoms with Gasteiger partial charge in [-0.2, -0.15) is 0 Å². The molecule has 2 aromatic heterocycles. The zero-order chi connectivity index (χ0) is 24.7. The normalized spacial score (nSPS) is 11.7. The van der Waals surface area contributed by atoms with Crippen LogP contribution in [0.1, 0.15) is 23.0 Å². The van der Waals surface area contributed by atoms with Crippen molar-refractivity contribution in [1.82, 2.24) is 19.6 Å². The predicted molar refractivity (Wildman–Crippen MR) is 143 cm³/mol. The Bertz CT molecular complexity index is 1430. The van der Waals surface area contributed by atoms with Crippen molar-refractivity contribution in [2.24, 2.45) is 0 Å². The second-order valence-electron chi connectivity index (χ2n) is 8.40. The summed E-state index contributed by atoms with van der Waals surface area (Å²) < 4.78 is 10.2. The number of nitrogens with zero attached hydrogens (tertiary/aromatic N) is 2. The lowest BCUT2D eigenvalue weighted by molar-refractivity contribution is 0.242. The van der Waals surface area contributed by atoms with Crippen LogP contribution in [0.15, 0.2) is 119 Å². The second-order valence-corrected chi connectivity index (χ2v) is 9.25. The van der Waals surface area contributed by atoms with Gasteiger partial charge in [0.15, 0.2) is 0 Å². The highest BCUT2D eigenvalue weighted by Crippen LogP contribution is 2.26. The average molecular weight is 495 g/mol. The summed E-state index contributed by atoms with van der Waals surface area (Å²) in [5.74, 6) is 0.749. The number of urea groups is 1. The number of carbonyl (C=O) groups is 1. The topological polar surface area (TPSA) is 72.1 Å². The molecule has 0 aliphatic heterocycles. The molecule has 0 fully saturated rings. The molecule has 36 heavy (non-hydrogen) atoms. The molecule has 0 spiro atoms. The number of amides is 2. The number of furan rings is 1. The third-order valence-corrected chi connectivity index (χ3v) is 6.86. The Balaban J connectivity index is 1.41. The quantitative estimate of drug-likeness (QED) is 0.235. The molecule has 5 aromatic rings. The summed E-state index contributed by atoms with van der Waals surface area (Å²) in [6.45, 7) is 2.02. The van der Waals surface area contributed by atoms with Crippen molar-refractivity contribution in [2.45, 2.75) is 24.3 Å². The van der Waals surface area contributed by atoms with Crippen molar-refractivity contribution in [2.75, 3.05) is 0 Å². The van der Waals surface area contributed by atoms with Gasteiger partial charge in [-0.3, -0.25) is 4.72 Å². The number of imidazole rings is 1. The van der Waals surface area contributed by atoms with Crippen LogP contribution in [0.4, 0.5) is 4.79 Å². The SMILES string of the molecule is Cc1ccccc1SNC(=O)N[C@@H](Cc1ccccc1)c1nccn1-c1cccc(-c2ccoc2)c1. The molecule has 0 unspecified atom stereocenters. The van der Waals surface area contributed by atoms with Gasteiger partial charge in [0.05, 0.1) is 18.6 Å². The summed E-state index contributed by atoms with van der Waals surface area (Å²) >= 11 is 1.30. The van der Waals surface area contributed by atoms with E-state index in [2.05, 4.69) is 33.2 Å². The Labute approximate surface area is 214 Å². The fourth-order valence-electron chi connectivity index (χ4n) is 4.07. The molecule has 2 N–H and O–H groups in total. The standard InChI is InChI=1S/C29H26N4O2S/c1-21-8-5-6-13-27(21)36-32-29(34)31-26(18-22-9-3-2-4-10-22)28-30-15-16-33(28)25-12-7-11-23(19-25)24-14-17-35-20-24/h2-17,19-20,26H,18H2,1H3,(H2,31,32,34)/t26-/m0/s1. The summed E-state index contributed by atoms with van der Waals surface area (Å²) in [6, 6.07) is 27.5. The first-order valence-electron chi connectivity index (χ1n) is 11.7. The highest BCUT2D eigenvalue weighted by molar-refractivity contribution is 7.98. The smallest absolute Gasteiger partial charge is 0.325 e. The maximum atomic E-state index is 13.0. The number of rotatable bonds is 8. The Morgan fingerprint density at radius 1 is 1.00 bits per heavy atom. The van der Waals surface area contributed by atoms with E-state index in [1.165, 1.54) is 11.9 Å². The van der Waals surface area contributed by atoms with Crippen molar-refractivity contribution in [3.05, 3.63) is 127 Å². The van der Waals surface area contributed by atoms with Gasteiger partial charge < -0.3 is 14.3 Å². The average Bonchev–Trinajstić information content (AvgIpc) is 3.62. The van der Waals surface area contributed by atoms with Crippen LogP contribution in [0.2, 0.25) is 0 Å². The summed E-state index contributed by atoms with van der Waals surface area (Å²) in [4.78, 5) is 18.7. The first kappa shape index (κ1) is 23.5. The molecule has 3 aromatic carbocycles. The highest BCUT2D eigenvalue weighted by atomic mass is 32.2. The van der Waals surface area contributed by atoms with E-state index in [1.54, 1.807) is 18.7 Å². The molecule has 0 aliphatic carbocycles. The summed E-state index contributed by atoms with van der Waals surface area (Å²) in [5, 5.41) is 3.14. The van der Waals surface area contributed by atoms with Gasteiger partial charge in [-0.15, -0.1) is 0 Å². The molecule has 0 bridgehead atoms. The molecule has 0 aliphatic rings. The summed E-state index contributed by atoms with van der Waals surface area (Å²) in [5.41, 5.74) is 5.22. The number of benzene rings is 3. The molecule has 1 atom stereocenters. The fraction of sp³-hybridized carbons (Fsp3) is 0.103. The molecule has 5 rings (SSSR count). The summed E-state index contributed by atoms with van der Waals surface area (Å²) in [6.07, 6.45) is 7.67. The zero-order valence-corrected chi connectivity index (χ0v) is 20.6. The minimum atomic E-state index is -0.350. The van der Waals surface area contributed by atoms with Crippen LogP contribution in [0.5, 0.6) is 0 Å². The van der Waals surface area contributed by atoms with E-state index in [0.29, 0.717) is 6.42 Å². The second kappa shape index (κ2) is 11.0. The Morgan fingerprint density at radius 3 is 2.64 bits per heavy atom. The molecule has 0 radical (unpaired) electrons. The highest BCUT2D eigenvalue weighted by Gasteiger charge is 2.21. The van der Waals surface area contributed by atoms with E-state index in [4.69, 9.17) is 4.42 Å². The maximum absolute atomic E-state index is 13.0. The third-order valence-electron chi connectivity index (χ3n) is 5.90. The molecule has 180 valence electrons. The molecular formula is C29H26N4O2S. The van der Waals surface area contributed by atoms with Gasteiger partial charge in [0.2, 0.25) is 0 Å². The Kier molecular flexibility index (Phi) is 7.19. The van der Waals surface area contributed by atoms with Crippen LogP contribution in [0.25, 0.3) is 16.8 Å². The van der Waals surface area contributed by atoms with Crippen LogP contribution < -0.4 is 10.0 Å². The van der Waals surface area contributed by atoms with Crippen LogP contribution in [0.3, 0.4) is 0 Å². The molecule has 0 saturated heterocycles. The minimum absolute atomic E-state index is 0.272. The van der Waals surface area contributed by atoms with Crippen molar-refractivity contribution in [3.8, 4) is 16.8 Å². The van der Waals surface area contributed by atoms with E-state index in [0.717, 1.165) is 38.7 Å². The third kappa shape index (κ3) is 5.53. The molecular weight excluding hydrogens is 468 g/mol. The van der Waals surface area contributed by atoms with Crippen molar-refractivity contribution in [1.29, 1.82) is 0 Å². The van der Waals surface area contributed by atoms with Crippen LogP contribution in [0, 0.1) is 6.92 Å². The van der Waals surface area contributed by atoms with Crippen LogP contribution in [-0.4, -0.2) is 15.6 Å². The molecule has 2 heterocycles. The van der Waals surface area contributed by atoms with Gasteiger partial charge in [-0.05, 0) is 66.2 Å². The maximum Gasteiger partial charge on any atom is 0.325 e. The number of hydrogen-bond donors (Lipinski definition) is 2. The minimum Gasteiger partial charge on any atom is -0.472 e. The lowest BCUT2D eigenvalue weighted by atomic mass is 10.0. The van der Waals surface area contributed by atoms with E-state index in [-0.39, 0.29) is 12.1 Å². The number of aryl methyl sites for hydroxylation is 1. The van der Waals surface area contributed by atoms with Crippen LogP contribution >= 0.6 is 11.9 Å². The van der Waals surface area contributed by atoms with Gasteiger partial charge in [-0.1, -0.05) is 60.7 Å². The van der Waals surface area contributed by atoms with E-state index < -0.39 is 0 Å². The Morgan fingerprint density at radius 2 is 1.83 bits per heavy atom. The molecule has 6 nitrogen and oxygen atoms in total. The molecule has 2 amide bonds. The number of aromatic nitrogens is 2. The van der Waals surface area contributed by atoms with Crippen molar-refractivity contribution in [3.63, 3.8) is 0 Å². The van der Waals surface area contributed by atoms with E-state index in [9.17, 15) is 4.79 Å². The fourth-order valence-corrected chi connectivity index (χ4v) is 4.71. The first-order valence-corrected chi connectivity index (χ1v) is 12.5. The predicted octanol–water partition coefficient (Wildman–Crippen LogP) is 6.73. The Hall–Kier alpha value is -4.23. The zero-order valence-electron chi connectivity index (χ0n) is 19.8. The largest absolute Gasteiger partial charge is 0.472 e. The van der Waals surface area contributed by atoms with Crippen molar-refractivity contribution < 1.29 is 9.21 Å². The van der Waals surface area contributed by atoms with Gasteiger partial charge in [-0.25, -0.2) is 9.78 Å².